The molecule has 0 fully saturated rings. The van der Waals surface area contributed by atoms with Crippen molar-refractivity contribution in [3.8, 4) is 17.2 Å². The van der Waals surface area contributed by atoms with E-state index in [4.69, 9.17) is 14.2 Å². The van der Waals surface area contributed by atoms with Crippen molar-refractivity contribution >= 4 is 34.0 Å². The van der Waals surface area contributed by atoms with E-state index in [1.54, 1.807) is 60.7 Å². The maximum Gasteiger partial charge on any atom is 0.344 e. The monoisotopic (exact) mass is 482 g/mol. The van der Waals surface area contributed by atoms with Gasteiger partial charge in [-0.05, 0) is 70.0 Å². The summed E-state index contributed by atoms with van der Waals surface area (Å²) in [5.74, 6) is 0.528. The van der Waals surface area contributed by atoms with E-state index in [9.17, 15) is 9.59 Å². The number of hydrogen-bond donors (Lipinski definition) is 1. The Morgan fingerprint density at radius 1 is 0.968 bits per heavy atom. The molecule has 0 spiro atoms. The molecule has 0 unspecified atom stereocenters. The van der Waals surface area contributed by atoms with Gasteiger partial charge in [-0.25, -0.2) is 10.2 Å². The van der Waals surface area contributed by atoms with Gasteiger partial charge in [-0.15, -0.1) is 0 Å². The van der Waals surface area contributed by atoms with Crippen molar-refractivity contribution in [3.05, 3.63) is 88.4 Å². The minimum Gasteiger partial charge on any atom is -0.493 e. The number of rotatable bonds is 8. The smallest absolute Gasteiger partial charge is 0.344 e. The Hall–Kier alpha value is -3.65. The van der Waals surface area contributed by atoms with Crippen LogP contribution in [0.4, 0.5) is 0 Å². The Morgan fingerprint density at radius 2 is 1.65 bits per heavy atom. The van der Waals surface area contributed by atoms with Gasteiger partial charge in [-0.2, -0.15) is 5.10 Å². The molecule has 3 rings (SSSR count). The van der Waals surface area contributed by atoms with E-state index < -0.39 is 11.9 Å². The average Bonchev–Trinajstić information content (AvgIpc) is 2.79. The molecule has 0 aliphatic heterocycles. The molecule has 0 atom stereocenters. The molecular weight excluding hydrogens is 464 g/mol. The topological polar surface area (TPSA) is 86.2 Å². The van der Waals surface area contributed by atoms with Crippen LogP contribution in [-0.2, 0) is 4.79 Å². The van der Waals surface area contributed by atoms with Gasteiger partial charge in [-0.3, -0.25) is 4.79 Å². The highest BCUT2D eigenvalue weighted by molar-refractivity contribution is 9.10. The van der Waals surface area contributed by atoms with Crippen LogP contribution < -0.4 is 19.6 Å². The molecule has 0 aliphatic rings. The second kappa shape index (κ2) is 10.9. The first-order valence-corrected chi connectivity index (χ1v) is 10.0. The number of nitrogens with one attached hydrogen (secondary N) is 1. The number of ether oxygens (including phenoxy) is 3. The third-order valence-electron chi connectivity index (χ3n) is 4.02. The van der Waals surface area contributed by atoms with Gasteiger partial charge in [0, 0.05) is 4.47 Å². The van der Waals surface area contributed by atoms with E-state index in [1.807, 2.05) is 12.1 Å². The summed E-state index contributed by atoms with van der Waals surface area (Å²) in [6.45, 7) is -0.207. The number of carbonyl (C=O) groups is 2. The van der Waals surface area contributed by atoms with Crippen LogP contribution in [0.1, 0.15) is 15.9 Å². The fraction of sp³-hybridized carbons (Fsp3) is 0.0870. The van der Waals surface area contributed by atoms with Gasteiger partial charge in [0.1, 0.15) is 5.75 Å². The minimum absolute atomic E-state index is 0.207. The summed E-state index contributed by atoms with van der Waals surface area (Å²) in [4.78, 5) is 24.1. The molecule has 0 aromatic heterocycles. The standard InChI is InChI=1S/C23H19BrN2O5/c1-29-20-8-4-5-9-21(20)30-15-22(27)26-25-14-16-10-12-17(13-11-16)31-23(28)18-6-2-3-7-19(18)24/h2-14H,15H2,1H3,(H,26,27)/b25-14-. The van der Waals surface area contributed by atoms with Crippen LogP contribution in [0.3, 0.4) is 0 Å². The number of hydrazone groups is 1. The highest BCUT2D eigenvalue weighted by Gasteiger charge is 2.11. The van der Waals surface area contributed by atoms with Crippen molar-refractivity contribution in [1.82, 2.24) is 5.43 Å². The third kappa shape index (κ3) is 6.42. The zero-order chi connectivity index (χ0) is 22.1. The molecule has 0 aliphatic carbocycles. The molecule has 3 aromatic carbocycles. The molecule has 158 valence electrons. The number of carbonyl (C=O) groups excluding carboxylic acids is 2. The molecule has 0 saturated carbocycles. The van der Waals surface area contributed by atoms with Crippen molar-refractivity contribution in [2.45, 2.75) is 0 Å². The Balaban J connectivity index is 1.48. The molecule has 0 bridgehead atoms. The van der Waals surface area contributed by atoms with Gasteiger partial charge in [0.25, 0.3) is 5.91 Å². The van der Waals surface area contributed by atoms with Gasteiger partial charge in [0.15, 0.2) is 18.1 Å². The molecule has 3 aromatic rings. The summed E-state index contributed by atoms with van der Waals surface area (Å²) in [6.07, 6.45) is 1.47. The van der Waals surface area contributed by atoms with Crippen LogP contribution in [0.5, 0.6) is 17.2 Å². The number of para-hydroxylation sites is 2. The Kier molecular flexibility index (Phi) is 7.78. The van der Waals surface area contributed by atoms with Gasteiger partial charge in [-0.1, -0.05) is 24.3 Å². The lowest BCUT2D eigenvalue weighted by molar-refractivity contribution is -0.123. The van der Waals surface area contributed by atoms with Crippen molar-refractivity contribution in [2.24, 2.45) is 5.10 Å². The summed E-state index contributed by atoms with van der Waals surface area (Å²) in [5, 5.41) is 3.90. The number of halogens is 1. The zero-order valence-corrected chi connectivity index (χ0v) is 18.2. The third-order valence-corrected chi connectivity index (χ3v) is 4.71. The van der Waals surface area contributed by atoms with Gasteiger partial charge >= 0.3 is 5.97 Å². The molecule has 1 N–H and O–H groups in total. The lowest BCUT2D eigenvalue weighted by atomic mass is 10.2. The molecule has 31 heavy (non-hydrogen) atoms. The number of nitrogens with zero attached hydrogens (tertiary/aromatic N) is 1. The maximum absolute atomic E-state index is 12.2. The minimum atomic E-state index is -0.462. The lowest BCUT2D eigenvalue weighted by Crippen LogP contribution is -2.24. The van der Waals surface area contributed by atoms with Gasteiger partial charge in [0.05, 0.1) is 18.9 Å². The van der Waals surface area contributed by atoms with Crippen LogP contribution in [-0.4, -0.2) is 31.8 Å². The Bertz CT molecular complexity index is 1080. The highest BCUT2D eigenvalue weighted by atomic mass is 79.9. The molecule has 8 heteroatoms. The number of methoxy groups -OCH3 is 1. The van der Waals surface area contributed by atoms with Gasteiger partial charge < -0.3 is 14.2 Å². The van der Waals surface area contributed by atoms with E-state index in [2.05, 4.69) is 26.5 Å². The fourth-order valence-corrected chi connectivity index (χ4v) is 2.95. The summed E-state index contributed by atoms with van der Waals surface area (Å²) >= 11 is 3.33. The first-order valence-electron chi connectivity index (χ1n) is 9.21. The second-order valence-corrected chi connectivity index (χ2v) is 7.03. The van der Waals surface area contributed by atoms with Crippen molar-refractivity contribution in [2.75, 3.05) is 13.7 Å². The molecule has 0 heterocycles. The van der Waals surface area contributed by atoms with Crippen LogP contribution in [0.25, 0.3) is 0 Å². The van der Waals surface area contributed by atoms with E-state index in [1.165, 1.54) is 13.3 Å². The van der Waals surface area contributed by atoms with Crippen LogP contribution in [0.2, 0.25) is 0 Å². The average molecular weight is 483 g/mol. The van der Waals surface area contributed by atoms with E-state index >= 15 is 0 Å². The van der Waals surface area contributed by atoms with E-state index in [0.717, 1.165) is 0 Å². The first kappa shape index (κ1) is 22.0. The maximum atomic E-state index is 12.2. The van der Waals surface area contributed by atoms with E-state index in [0.29, 0.717) is 32.8 Å². The molecule has 0 radical (unpaired) electrons. The van der Waals surface area contributed by atoms with Crippen LogP contribution >= 0.6 is 15.9 Å². The Morgan fingerprint density at radius 3 is 2.35 bits per heavy atom. The second-order valence-electron chi connectivity index (χ2n) is 6.17. The number of hydrogen-bond acceptors (Lipinski definition) is 6. The summed E-state index contributed by atoms with van der Waals surface area (Å²) in [7, 11) is 1.53. The predicted molar refractivity (Wildman–Crippen MR) is 120 cm³/mol. The van der Waals surface area contributed by atoms with Crippen molar-refractivity contribution in [1.29, 1.82) is 0 Å². The first-order chi connectivity index (χ1) is 15.1. The zero-order valence-electron chi connectivity index (χ0n) is 16.6. The normalized spacial score (nSPS) is 10.5. The van der Waals surface area contributed by atoms with Crippen LogP contribution in [0, 0.1) is 0 Å². The fourth-order valence-electron chi connectivity index (χ4n) is 2.50. The molecule has 7 nitrogen and oxygen atoms in total. The number of amides is 1. The van der Waals surface area contributed by atoms with E-state index in [-0.39, 0.29) is 6.61 Å². The SMILES string of the molecule is COc1ccccc1OCC(=O)N/N=C\c1ccc(OC(=O)c2ccccc2Br)cc1. The number of esters is 1. The summed E-state index contributed by atoms with van der Waals surface area (Å²) < 4.78 is 16.6. The largest absolute Gasteiger partial charge is 0.493 e. The molecule has 0 saturated heterocycles. The van der Waals surface area contributed by atoms with Crippen molar-refractivity contribution in [3.63, 3.8) is 0 Å². The number of benzene rings is 3. The molecular formula is C23H19BrN2O5. The quantitative estimate of drug-likeness (QED) is 0.225. The molecule has 1 amide bonds. The van der Waals surface area contributed by atoms with Crippen molar-refractivity contribution < 1.29 is 23.8 Å². The highest BCUT2D eigenvalue weighted by Crippen LogP contribution is 2.25. The lowest BCUT2D eigenvalue weighted by Gasteiger charge is -2.09. The summed E-state index contributed by atoms with van der Waals surface area (Å²) in [6, 6.07) is 20.8. The van der Waals surface area contributed by atoms with Gasteiger partial charge in [0.2, 0.25) is 0 Å². The van der Waals surface area contributed by atoms with Crippen LogP contribution in [0.15, 0.2) is 82.4 Å². The summed E-state index contributed by atoms with van der Waals surface area (Å²) in [5.41, 5.74) is 3.54. The Labute approximate surface area is 187 Å². The predicted octanol–water partition coefficient (Wildman–Crippen LogP) is 4.21.